The van der Waals surface area contributed by atoms with E-state index in [1.165, 1.54) is 0 Å². The molecule has 1 aromatic rings. The summed E-state index contributed by atoms with van der Waals surface area (Å²) < 4.78 is 5.21. The first-order valence-electron chi connectivity index (χ1n) is 3.11. The van der Waals surface area contributed by atoms with Crippen molar-refractivity contribution >= 4 is 9.90 Å². The standard InChI is InChI=1S/C8H10O.H3P/c1-2-9-8-6-4-3-5-7-8;/h3-7H,2H2,1H3;1H3. The highest BCUT2D eigenvalue weighted by atomic mass is 31.0. The average molecular weight is 156 g/mol. The van der Waals surface area contributed by atoms with Gasteiger partial charge in [0.1, 0.15) is 5.75 Å². The Balaban J connectivity index is 0.000000810. The zero-order chi connectivity index (χ0) is 6.53. The third-order valence-corrected chi connectivity index (χ3v) is 1.05. The molecule has 0 aliphatic heterocycles. The predicted molar refractivity (Wildman–Crippen MR) is 48.7 cm³/mol. The molecule has 0 aliphatic rings. The molecule has 0 fully saturated rings. The molecule has 1 unspecified atom stereocenters. The van der Waals surface area contributed by atoms with Crippen LogP contribution >= 0.6 is 9.90 Å². The third kappa shape index (κ3) is 2.84. The van der Waals surface area contributed by atoms with Gasteiger partial charge in [-0.05, 0) is 19.1 Å². The zero-order valence-corrected chi connectivity index (χ0v) is 7.62. The molecule has 0 heterocycles. The summed E-state index contributed by atoms with van der Waals surface area (Å²) in [5.41, 5.74) is 0. The lowest BCUT2D eigenvalue weighted by Gasteiger charge is -1.99. The van der Waals surface area contributed by atoms with Gasteiger partial charge < -0.3 is 4.74 Å². The smallest absolute Gasteiger partial charge is 0.119 e. The molecule has 0 aromatic heterocycles. The van der Waals surface area contributed by atoms with Crippen LogP contribution in [0.2, 0.25) is 0 Å². The molecule has 0 radical (unpaired) electrons. The van der Waals surface area contributed by atoms with Gasteiger partial charge in [0, 0.05) is 0 Å². The number of hydrogen-bond donors (Lipinski definition) is 0. The van der Waals surface area contributed by atoms with Crippen LogP contribution in [0.15, 0.2) is 30.3 Å². The molecular formula is C8H13OP. The van der Waals surface area contributed by atoms with Crippen LogP contribution in [0.5, 0.6) is 5.75 Å². The van der Waals surface area contributed by atoms with E-state index in [1.54, 1.807) is 0 Å². The van der Waals surface area contributed by atoms with Crippen molar-refractivity contribution in [1.82, 2.24) is 0 Å². The lowest BCUT2D eigenvalue weighted by atomic mass is 10.3. The van der Waals surface area contributed by atoms with Crippen molar-refractivity contribution < 1.29 is 4.74 Å². The molecule has 1 rings (SSSR count). The van der Waals surface area contributed by atoms with Gasteiger partial charge in [-0.3, -0.25) is 0 Å². The normalized spacial score (nSPS) is 8.10. The Kier molecular flexibility index (Phi) is 4.96. The summed E-state index contributed by atoms with van der Waals surface area (Å²) in [4.78, 5) is 0. The van der Waals surface area contributed by atoms with E-state index in [9.17, 15) is 0 Å². The van der Waals surface area contributed by atoms with Gasteiger partial charge >= 0.3 is 0 Å². The third-order valence-electron chi connectivity index (χ3n) is 1.05. The second-order valence-electron chi connectivity index (χ2n) is 1.75. The Hall–Kier alpha value is -0.550. The number of hydrogen-bond acceptors (Lipinski definition) is 1. The molecule has 0 saturated carbocycles. The van der Waals surface area contributed by atoms with E-state index in [4.69, 9.17) is 4.74 Å². The summed E-state index contributed by atoms with van der Waals surface area (Å²) >= 11 is 0. The summed E-state index contributed by atoms with van der Waals surface area (Å²) in [6, 6.07) is 9.80. The Morgan fingerprint density at radius 1 is 1.20 bits per heavy atom. The van der Waals surface area contributed by atoms with Crippen LogP contribution in [0.1, 0.15) is 6.92 Å². The number of ether oxygens (including phenoxy) is 1. The van der Waals surface area contributed by atoms with Crippen molar-refractivity contribution in [3.05, 3.63) is 30.3 Å². The molecule has 0 aliphatic carbocycles. The maximum atomic E-state index is 5.21. The molecule has 2 heteroatoms. The quantitative estimate of drug-likeness (QED) is 0.596. The SMILES string of the molecule is CCOc1ccccc1.P. The predicted octanol–water partition coefficient (Wildman–Crippen LogP) is 2.14. The lowest BCUT2D eigenvalue weighted by molar-refractivity contribution is 0.340. The topological polar surface area (TPSA) is 9.23 Å². The van der Waals surface area contributed by atoms with E-state index < -0.39 is 0 Å². The van der Waals surface area contributed by atoms with Gasteiger partial charge in [-0.1, -0.05) is 18.2 Å². The van der Waals surface area contributed by atoms with E-state index in [0.29, 0.717) is 0 Å². The summed E-state index contributed by atoms with van der Waals surface area (Å²) in [6.07, 6.45) is 0. The molecule has 0 N–H and O–H groups in total. The van der Waals surface area contributed by atoms with Crippen LogP contribution in [-0.4, -0.2) is 6.61 Å². The number of rotatable bonds is 2. The molecule has 0 spiro atoms. The maximum Gasteiger partial charge on any atom is 0.119 e. The van der Waals surface area contributed by atoms with Crippen molar-refractivity contribution in [2.24, 2.45) is 0 Å². The van der Waals surface area contributed by atoms with Gasteiger partial charge in [0.05, 0.1) is 6.61 Å². The Bertz CT molecular complexity index is 162. The average Bonchev–Trinajstić information content (AvgIpc) is 1.91. The van der Waals surface area contributed by atoms with Crippen molar-refractivity contribution in [3.8, 4) is 5.75 Å². The van der Waals surface area contributed by atoms with Gasteiger partial charge in [-0.15, -0.1) is 0 Å². The number of para-hydroxylation sites is 1. The van der Waals surface area contributed by atoms with Crippen LogP contribution in [-0.2, 0) is 0 Å². The van der Waals surface area contributed by atoms with Gasteiger partial charge in [0.25, 0.3) is 0 Å². The first-order valence-corrected chi connectivity index (χ1v) is 3.11. The first kappa shape index (κ1) is 9.45. The molecule has 1 aromatic carbocycles. The monoisotopic (exact) mass is 156 g/mol. The largest absolute Gasteiger partial charge is 0.494 e. The second-order valence-corrected chi connectivity index (χ2v) is 1.75. The maximum absolute atomic E-state index is 5.21. The summed E-state index contributed by atoms with van der Waals surface area (Å²) in [6.45, 7) is 2.72. The molecule has 56 valence electrons. The lowest BCUT2D eigenvalue weighted by Crippen LogP contribution is -1.89. The van der Waals surface area contributed by atoms with Crippen LogP contribution in [0.25, 0.3) is 0 Å². The van der Waals surface area contributed by atoms with Crippen molar-refractivity contribution in [3.63, 3.8) is 0 Å². The van der Waals surface area contributed by atoms with Gasteiger partial charge in [0.15, 0.2) is 0 Å². The fraction of sp³-hybridized carbons (Fsp3) is 0.250. The number of benzene rings is 1. The minimum Gasteiger partial charge on any atom is -0.494 e. The second kappa shape index (κ2) is 5.25. The minimum absolute atomic E-state index is 0. The zero-order valence-electron chi connectivity index (χ0n) is 6.21. The summed E-state index contributed by atoms with van der Waals surface area (Å²) in [5, 5.41) is 0. The highest BCUT2D eigenvalue weighted by molar-refractivity contribution is 6.92. The van der Waals surface area contributed by atoms with Crippen LogP contribution in [0, 0.1) is 0 Å². The van der Waals surface area contributed by atoms with Gasteiger partial charge in [-0.2, -0.15) is 9.90 Å². The first-order chi connectivity index (χ1) is 4.43. The molecule has 0 bridgehead atoms. The van der Waals surface area contributed by atoms with E-state index in [2.05, 4.69) is 0 Å². The van der Waals surface area contributed by atoms with E-state index in [1.807, 2.05) is 37.3 Å². The van der Waals surface area contributed by atoms with Crippen LogP contribution < -0.4 is 4.74 Å². The van der Waals surface area contributed by atoms with Gasteiger partial charge in [-0.25, -0.2) is 0 Å². The minimum atomic E-state index is 0. The molecule has 1 nitrogen and oxygen atoms in total. The molecule has 10 heavy (non-hydrogen) atoms. The Labute approximate surface area is 65.0 Å². The fourth-order valence-electron chi connectivity index (χ4n) is 0.683. The van der Waals surface area contributed by atoms with Crippen LogP contribution in [0.4, 0.5) is 0 Å². The molecule has 1 atom stereocenters. The Morgan fingerprint density at radius 2 is 1.80 bits per heavy atom. The van der Waals surface area contributed by atoms with E-state index in [0.717, 1.165) is 12.4 Å². The summed E-state index contributed by atoms with van der Waals surface area (Å²) in [7, 11) is 0. The highest BCUT2D eigenvalue weighted by Crippen LogP contribution is 2.06. The van der Waals surface area contributed by atoms with Crippen molar-refractivity contribution in [2.75, 3.05) is 6.61 Å². The fourth-order valence-corrected chi connectivity index (χ4v) is 0.683. The molecule has 0 amide bonds. The highest BCUT2D eigenvalue weighted by Gasteiger charge is 1.83. The van der Waals surface area contributed by atoms with Crippen molar-refractivity contribution in [2.45, 2.75) is 6.92 Å². The van der Waals surface area contributed by atoms with E-state index >= 15 is 0 Å². The van der Waals surface area contributed by atoms with Gasteiger partial charge in [0.2, 0.25) is 0 Å². The molecule has 0 saturated heterocycles. The van der Waals surface area contributed by atoms with Crippen LogP contribution in [0.3, 0.4) is 0 Å². The van der Waals surface area contributed by atoms with Crippen molar-refractivity contribution in [1.29, 1.82) is 0 Å². The molecular weight excluding hydrogens is 143 g/mol. The summed E-state index contributed by atoms with van der Waals surface area (Å²) in [5.74, 6) is 0.944. The Morgan fingerprint density at radius 3 is 2.30 bits per heavy atom. The van der Waals surface area contributed by atoms with E-state index in [-0.39, 0.29) is 9.90 Å².